The number of likely N-dealkylation sites (tertiary alicyclic amines) is 1. The third-order valence-corrected chi connectivity index (χ3v) is 7.08. The van der Waals surface area contributed by atoms with Gasteiger partial charge in [0.05, 0.1) is 0 Å². The summed E-state index contributed by atoms with van der Waals surface area (Å²) in [5.41, 5.74) is 1.98. The molecule has 0 radical (unpaired) electrons. The minimum Gasteiger partial charge on any atom is -0.378 e. The predicted molar refractivity (Wildman–Crippen MR) is 205 cm³/mol. The van der Waals surface area contributed by atoms with Gasteiger partial charge in [0.25, 0.3) is 0 Å². The Morgan fingerprint density at radius 2 is 1.31 bits per heavy atom. The van der Waals surface area contributed by atoms with Gasteiger partial charge in [-0.2, -0.15) is 10.2 Å². The maximum absolute atomic E-state index is 11.9. The number of nitrogens with zero attached hydrogens (tertiary/aromatic N) is 8. The number of Topliss-reactive ketones (excluding diaryl/α,β-unsaturated/α-hetero) is 1. The summed E-state index contributed by atoms with van der Waals surface area (Å²) in [4.78, 5) is 35.2. The number of aromatic nitrogens is 6. The molecule has 49 heavy (non-hydrogen) atoms. The zero-order chi connectivity index (χ0) is 36.8. The van der Waals surface area contributed by atoms with Crippen molar-refractivity contribution in [3.05, 3.63) is 61.2 Å². The molecule has 0 N–H and O–H groups in total. The number of hydrogen-bond acceptors (Lipinski definition) is 7. The summed E-state index contributed by atoms with van der Waals surface area (Å²) in [6, 6.07) is 7.73. The summed E-state index contributed by atoms with van der Waals surface area (Å²) in [7, 11) is 3.97. The molecule has 1 aliphatic heterocycles. The van der Waals surface area contributed by atoms with Gasteiger partial charge in [-0.1, -0.05) is 96.6 Å². The Morgan fingerprint density at radius 1 is 0.776 bits per heavy atom. The Labute approximate surface area is 298 Å². The van der Waals surface area contributed by atoms with Crippen LogP contribution in [0.5, 0.6) is 0 Å². The van der Waals surface area contributed by atoms with E-state index in [-0.39, 0.29) is 29.5 Å². The third-order valence-electron chi connectivity index (χ3n) is 7.08. The molecule has 1 amide bonds. The van der Waals surface area contributed by atoms with Crippen LogP contribution in [0.25, 0.3) is 6.20 Å². The average molecular weight is 681 g/mol. The van der Waals surface area contributed by atoms with Crippen LogP contribution in [0.1, 0.15) is 120 Å². The van der Waals surface area contributed by atoms with Gasteiger partial charge in [0.2, 0.25) is 5.91 Å². The molecule has 0 unspecified atom stereocenters. The van der Waals surface area contributed by atoms with Crippen molar-refractivity contribution in [3.8, 4) is 0 Å². The molecule has 276 valence electrons. The monoisotopic (exact) mass is 681 g/mol. The van der Waals surface area contributed by atoms with Crippen molar-refractivity contribution in [2.75, 3.05) is 32.1 Å². The number of amides is 1. The number of ketones is 1. The maximum atomic E-state index is 11.9. The number of hydrogen-bond donors (Lipinski definition) is 0. The summed E-state index contributed by atoms with van der Waals surface area (Å²) in [6.45, 7) is 27.8. The van der Waals surface area contributed by atoms with Crippen molar-refractivity contribution in [1.82, 2.24) is 34.4 Å². The van der Waals surface area contributed by atoms with E-state index in [0.717, 1.165) is 37.3 Å². The highest BCUT2D eigenvalue weighted by atomic mass is 16.2. The first kappa shape index (κ1) is 45.2. The van der Waals surface area contributed by atoms with E-state index in [0.29, 0.717) is 11.3 Å². The molecule has 3 aromatic rings. The van der Waals surface area contributed by atoms with Crippen molar-refractivity contribution >= 4 is 23.6 Å². The smallest absolute Gasteiger partial charge is 0.227 e. The van der Waals surface area contributed by atoms with Gasteiger partial charge >= 0.3 is 0 Å². The highest BCUT2D eigenvalue weighted by molar-refractivity contribution is 6.00. The van der Waals surface area contributed by atoms with E-state index in [1.165, 1.54) is 19.2 Å². The van der Waals surface area contributed by atoms with Gasteiger partial charge in [-0.3, -0.25) is 14.3 Å². The molecule has 1 saturated heterocycles. The van der Waals surface area contributed by atoms with Crippen LogP contribution in [0.4, 0.5) is 5.69 Å². The Balaban J connectivity index is 0.000000629. The second-order valence-corrected chi connectivity index (χ2v) is 16.8. The highest BCUT2D eigenvalue weighted by Gasteiger charge is 2.28. The second kappa shape index (κ2) is 20.0. The minimum absolute atomic E-state index is 0. The van der Waals surface area contributed by atoms with E-state index in [1.54, 1.807) is 23.7 Å². The molecule has 1 aromatic carbocycles. The third kappa shape index (κ3) is 19.7. The van der Waals surface area contributed by atoms with Gasteiger partial charge in [-0.05, 0) is 54.4 Å². The number of aryl methyl sites for hydroxylation is 1. The predicted octanol–water partition coefficient (Wildman–Crippen LogP) is 8.78. The molecular weight excluding hydrogens is 612 g/mol. The standard InChI is InChI=1S/C13H19NO.C9H17NO.C8H15N3.C8H13N3.CH4/c1-13(2,3)12(15)10-6-8-11(9-7-10)14(4)5;1-9(2,3)8(11)10-6-4-5-7-10;2*1-8(2,3)4-5-11-7-9-6-10-11;/h6-9H,1-5H3;4-7H2,1-3H3;6-7H,4-5H2,1-3H3;4-7H,1-3H3;1H4/b;;;5-4+;. The zero-order valence-corrected chi connectivity index (χ0v) is 32.4. The fourth-order valence-electron chi connectivity index (χ4n) is 4.13. The van der Waals surface area contributed by atoms with Crippen LogP contribution < -0.4 is 4.90 Å². The molecular formula is C39H68N8O2. The van der Waals surface area contributed by atoms with Crippen molar-refractivity contribution < 1.29 is 9.59 Å². The molecule has 1 aliphatic rings. The fraction of sp³-hybridized carbons (Fsp3) is 0.641. The molecule has 0 spiro atoms. The first-order valence-electron chi connectivity index (χ1n) is 17.0. The highest BCUT2D eigenvalue weighted by Crippen LogP contribution is 2.23. The van der Waals surface area contributed by atoms with Crippen LogP contribution >= 0.6 is 0 Å². The molecule has 10 nitrogen and oxygen atoms in total. The average Bonchev–Trinajstić information content (AvgIpc) is 3.78. The first-order chi connectivity index (χ1) is 22.0. The van der Waals surface area contributed by atoms with Gasteiger partial charge in [0, 0.05) is 62.0 Å². The number of carbonyl (C=O) groups excluding carboxylic acids is 2. The van der Waals surface area contributed by atoms with Crippen molar-refractivity contribution in [2.45, 2.75) is 116 Å². The summed E-state index contributed by atoms with van der Waals surface area (Å²) >= 11 is 0. The number of carbonyl (C=O) groups is 2. The van der Waals surface area contributed by atoms with Crippen LogP contribution in [-0.4, -0.2) is 73.3 Å². The Bertz CT molecular complexity index is 1340. The second-order valence-electron chi connectivity index (χ2n) is 16.8. The lowest BCUT2D eigenvalue weighted by Crippen LogP contribution is -2.37. The Hall–Kier alpha value is -3.82. The van der Waals surface area contributed by atoms with E-state index in [4.69, 9.17) is 0 Å². The molecule has 1 fully saturated rings. The fourth-order valence-corrected chi connectivity index (χ4v) is 4.13. The topological polar surface area (TPSA) is 102 Å². The largest absolute Gasteiger partial charge is 0.378 e. The van der Waals surface area contributed by atoms with E-state index in [2.05, 4.69) is 67.8 Å². The maximum Gasteiger partial charge on any atom is 0.227 e. The SMILES string of the molecule is C.CC(C)(C)/C=C/n1cncn1.CC(C)(C)C(=O)N1CCCC1.CC(C)(C)CCn1cncn1.CN(C)c1ccc(C(=O)C(C)(C)C)cc1. The lowest BCUT2D eigenvalue weighted by Gasteiger charge is -2.25. The molecule has 4 rings (SSSR count). The number of allylic oxidation sites excluding steroid dienone is 1. The van der Waals surface area contributed by atoms with Crippen LogP contribution in [0.15, 0.2) is 55.7 Å². The molecule has 10 heteroatoms. The quantitative estimate of drug-likeness (QED) is 0.248. The van der Waals surface area contributed by atoms with Gasteiger partial charge in [0.15, 0.2) is 5.78 Å². The van der Waals surface area contributed by atoms with Crippen LogP contribution in [0, 0.1) is 21.7 Å². The number of rotatable bonds is 5. The van der Waals surface area contributed by atoms with Crippen LogP contribution in [0.3, 0.4) is 0 Å². The molecule has 0 saturated carbocycles. The zero-order valence-electron chi connectivity index (χ0n) is 32.4. The summed E-state index contributed by atoms with van der Waals surface area (Å²) in [5, 5.41) is 7.96. The number of benzene rings is 1. The molecule has 0 bridgehead atoms. The first-order valence-corrected chi connectivity index (χ1v) is 17.0. The van der Waals surface area contributed by atoms with Crippen molar-refractivity contribution in [3.63, 3.8) is 0 Å². The van der Waals surface area contributed by atoms with Crippen LogP contribution in [0.2, 0.25) is 0 Å². The summed E-state index contributed by atoms with van der Waals surface area (Å²) in [6.07, 6.45) is 14.0. The lowest BCUT2D eigenvalue weighted by atomic mass is 9.86. The summed E-state index contributed by atoms with van der Waals surface area (Å²) < 4.78 is 3.55. The van der Waals surface area contributed by atoms with E-state index >= 15 is 0 Å². The molecule has 0 aliphatic carbocycles. The lowest BCUT2D eigenvalue weighted by molar-refractivity contribution is -0.138. The van der Waals surface area contributed by atoms with Gasteiger partial charge in [-0.25, -0.2) is 14.6 Å². The normalized spacial score (nSPS) is 13.2. The van der Waals surface area contributed by atoms with E-state index < -0.39 is 0 Å². The summed E-state index contributed by atoms with van der Waals surface area (Å²) in [5.74, 6) is 0.489. The molecule has 0 atom stereocenters. The Kier molecular flexibility index (Phi) is 18.4. The van der Waals surface area contributed by atoms with Gasteiger partial charge < -0.3 is 9.80 Å². The van der Waals surface area contributed by atoms with E-state index in [1.807, 2.05) is 101 Å². The van der Waals surface area contributed by atoms with Crippen LogP contribution in [-0.2, 0) is 11.3 Å². The Morgan fingerprint density at radius 3 is 1.69 bits per heavy atom. The molecule has 3 heterocycles. The minimum atomic E-state index is -0.306. The van der Waals surface area contributed by atoms with Gasteiger partial charge in [0.1, 0.15) is 25.3 Å². The number of anilines is 1. The molecule has 2 aromatic heterocycles. The van der Waals surface area contributed by atoms with Crippen molar-refractivity contribution in [1.29, 1.82) is 0 Å². The van der Waals surface area contributed by atoms with Crippen molar-refractivity contribution in [2.24, 2.45) is 21.7 Å². The van der Waals surface area contributed by atoms with Gasteiger partial charge in [-0.15, -0.1) is 0 Å². The van der Waals surface area contributed by atoms with E-state index in [9.17, 15) is 9.59 Å².